The highest BCUT2D eigenvalue weighted by Crippen LogP contribution is 2.24. The van der Waals surface area contributed by atoms with Gasteiger partial charge in [0.1, 0.15) is 0 Å². The third-order valence-electron chi connectivity index (χ3n) is 3.74. The summed E-state index contributed by atoms with van der Waals surface area (Å²) in [6.45, 7) is 9.67. The second-order valence-electron chi connectivity index (χ2n) is 5.82. The van der Waals surface area contributed by atoms with E-state index in [4.69, 9.17) is 5.10 Å². The van der Waals surface area contributed by atoms with Crippen LogP contribution in [0.4, 0.5) is 0 Å². The predicted octanol–water partition coefficient (Wildman–Crippen LogP) is 3.09. The molecule has 0 aromatic carbocycles. The van der Waals surface area contributed by atoms with Crippen molar-refractivity contribution >= 4 is 15.9 Å². The summed E-state index contributed by atoms with van der Waals surface area (Å²) in [5, 5.41) is 8.40. The van der Waals surface area contributed by atoms with Gasteiger partial charge >= 0.3 is 0 Å². The monoisotopic (exact) mass is 358 g/mol. The van der Waals surface area contributed by atoms with Gasteiger partial charge in [-0.05, 0) is 69.3 Å². The van der Waals surface area contributed by atoms with Gasteiger partial charge in [0.2, 0.25) is 0 Å². The molecule has 1 aromatic rings. The summed E-state index contributed by atoms with van der Waals surface area (Å²) >= 11 is 3.76. The van der Waals surface area contributed by atoms with E-state index in [-0.39, 0.29) is 0 Å². The maximum Gasteiger partial charge on any atom is 0.0766 e. The van der Waals surface area contributed by atoms with E-state index in [1.165, 1.54) is 22.3 Å². The fraction of sp³-hybridized carbons (Fsp3) is 0.812. The Kier molecular flexibility index (Phi) is 8.52. The van der Waals surface area contributed by atoms with Crippen molar-refractivity contribution in [3.8, 4) is 0 Å². The van der Waals surface area contributed by atoms with Crippen LogP contribution in [-0.4, -0.2) is 47.9 Å². The SMILES string of the molecule is CCCNC(CCN(C)C)Cc1c(Br)c(CC)nn1CC. The summed E-state index contributed by atoms with van der Waals surface area (Å²) in [4.78, 5) is 2.25. The lowest BCUT2D eigenvalue weighted by Gasteiger charge is -2.21. The molecule has 4 nitrogen and oxygen atoms in total. The average molecular weight is 359 g/mol. The fourth-order valence-electron chi connectivity index (χ4n) is 2.48. The topological polar surface area (TPSA) is 33.1 Å². The third kappa shape index (κ3) is 5.72. The van der Waals surface area contributed by atoms with Gasteiger partial charge in [-0.3, -0.25) is 4.68 Å². The van der Waals surface area contributed by atoms with Crippen LogP contribution in [0.5, 0.6) is 0 Å². The lowest BCUT2D eigenvalue weighted by Crippen LogP contribution is -2.35. The smallest absolute Gasteiger partial charge is 0.0766 e. The Morgan fingerprint density at radius 3 is 2.52 bits per heavy atom. The lowest BCUT2D eigenvalue weighted by atomic mass is 10.1. The molecule has 1 N–H and O–H groups in total. The summed E-state index contributed by atoms with van der Waals surface area (Å²) in [5.41, 5.74) is 2.51. The molecule has 21 heavy (non-hydrogen) atoms. The molecule has 122 valence electrons. The summed E-state index contributed by atoms with van der Waals surface area (Å²) in [6.07, 6.45) is 4.35. The van der Waals surface area contributed by atoms with E-state index >= 15 is 0 Å². The highest BCUT2D eigenvalue weighted by molar-refractivity contribution is 9.10. The van der Waals surface area contributed by atoms with Crippen molar-refractivity contribution in [3.05, 3.63) is 15.9 Å². The first-order valence-electron chi connectivity index (χ1n) is 8.15. The summed E-state index contributed by atoms with van der Waals surface area (Å²) in [5.74, 6) is 0. The zero-order valence-corrected chi connectivity index (χ0v) is 15.8. The molecule has 0 fully saturated rings. The van der Waals surface area contributed by atoms with Crippen LogP contribution in [0.25, 0.3) is 0 Å². The number of aromatic nitrogens is 2. The molecule has 0 saturated heterocycles. The third-order valence-corrected chi connectivity index (χ3v) is 4.66. The lowest BCUT2D eigenvalue weighted by molar-refractivity contribution is 0.353. The van der Waals surface area contributed by atoms with E-state index in [0.717, 1.165) is 38.9 Å². The molecular weight excluding hydrogens is 328 g/mol. The van der Waals surface area contributed by atoms with E-state index < -0.39 is 0 Å². The van der Waals surface area contributed by atoms with Crippen LogP contribution in [-0.2, 0) is 19.4 Å². The van der Waals surface area contributed by atoms with E-state index in [9.17, 15) is 0 Å². The standard InChI is InChI=1S/C16H31BrN4/c1-6-10-18-13(9-11-20(4)5)12-15-16(17)14(7-2)19-21(15)8-3/h13,18H,6-12H2,1-5H3. The Morgan fingerprint density at radius 1 is 1.29 bits per heavy atom. The van der Waals surface area contributed by atoms with Crippen LogP contribution >= 0.6 is 15.9 Å². The van der Waals surface area contributed by atoms with Gasteiger partial charge in [0, 0.05) is 19.0 Å². The molecule has 0 spiro atoms. The molecule has 1 atom stereocenters. The van der Waals surface area contributed by atoms with E-state index in [0.29, 0.717) is 6.04 Å². The number of rotatable bonds is 10. The van der Waals surface area contributed by atoms with Crippen molar-refractivity contribution in [1.29, 1.82) is 0 Å². The van der Waals surface area contributed by atoms with Gasteiger partial charge in [-0.25, -0.2) is 0 Å². The second kappa shape index (κ2) is 9.59. The first-order valence-corrected chi connectivity index (χ1v) is 8.94. The van der Waals surface area contributed by atoms with Crippen LogP contribution in [0.2, 0.25) is 0 Å². The number of aryl methyl sites for hydroxylation is 2. The van der Waals surface area contributed by atoms with Crippen molar-refractivity contribution in [1.82, 2.24) is 20.0 Å². The Labute approximate surface area is 138 Å². The van der Waals surface area contributed by atoms with Gasteiger partial charge in [-0.1, -0.05) is 13.8 Å². The quantitative estimate of drug-likeness (QED) is 0.697. The van der Waals surface area contributed by atoms with Gasteiger partial charge in [-0.2, -0.15) is 5.10 Å². The second-order valence-corrected chi connectivity index (χ2v) is 6.62. The van der Waals surface area contributed by atoms with Crippen molar-refractivity contribution in [3.63, 3.8) is 0 Å². The van der Waals surface area contributed by atoms with E-state index in [2.05, 4.69) is 65.7 Å². The average Bonchev–Trinajstić information content (AvgIpc) is 2.77. The van der Waals surface area contributed by atoms with E-state index in [1.54, 1.807) is 0 Å². The molecule has 1 heterocycles. The molecule has 0 aliphatic rings. The highest BCUT2D eigenvalue weighted by atomic mass is 79.9. The zero-order valence-electron chi connectivity index (χ0n) is 14.2. The molecule has 1 unspecified atom stereocenters. The first kappa shape index (κ1) is 18.7. The number of hydrogen-bond donors (Lipinski definition) is 1. The highest BCUT2D eigenvalue weighted by Gasteiger charge is 2.18. The zero-order chi connectivity index (χ0) is 15.8. The molecule has 0 aliphatic carbocycles. The van der Waals surface area contributed by atoms with Gasteiger partial charge in [0.15, 0.2) is 0 Å². The minimum absolute atomic E-state index is 0.510. The van der Waals surface area contributed by atoms with Crippen LogP contribution in [0.15, 0.2) is 4.47 Å². The summed E-state index contributed by atoms with van der Waals surface area (Å²) in [6, 6.07) is 0.510. The number of hydrogen-bond acceptors (Lipinski definition) is 3. The minimum atomic E-state index is 0.510. The van der Waals surface area contributed by atoms with Crippen LogP contribution in [0.1, 0.15) is 45.0 Å². The molecule has 1 aromatic heterocycles. The van der Waals surface area contributed by atoms with Gasteiger partial charge in [0.05, 0.1) is 15.9 Å². The van der Waals surface area contributed by atoms with Crippen LogP contribution < -0.4 is 5.32 Å². The van der Waals surface area contributed by atoms with Crippen molar-refractivity contribution in [2.24, 2.45) is 0 Å². The molecule has 0 saturated carbocycles. The largest absolute Gasteiger partial charge is 0.314 e. The number of nitrogens with one attached hydrogen (secondary N) is 1. The molecule has 0 radical (unpaired) electrons. The molecule has 5 heteroatoms. The molecular formula is C16H31BrN4. The molecule has 0 aliphatic heterocycles. The number of nitrogens with zero attached hydrogens (tertiary/aromatic N) is 3. The van der Waals surface area contributed by atoms with Crippen LogP contribution in [0.3, 0.4) is 0 Å². The molecule has 1 rings (SSSR count). The van der Waals surface area contributed by atoms with Crippen molar-refractivity contribution < 1.29 is 0 Å². The Morgan fingerprint density at radius 2 is 2.00 bits per heavy atom. The first-order chi connectivity index (χ1) is 10.0. The predicted molar refractivity (Wildman–Crippen MR) is 93.9 cm³/mol. The summed E-state index contributed by atoms with van der Waals surface area (Å²) < 4.78 is 3.36. The Bertz CT molecular complexity index is 415. The molecule has 0 bridgehead atoms. The Hall–Kier alpha value is -0.390. The number of halogens is 1. The minimum Gasteiger partial charge on any atom is -0.314 e. The maximum atomic E-state index is 4.71. The van der Waals surface area contributed by atoms with E-state index in [1.807, 2.05) is 0 Å². The molecule has 0 amide bonds. The van der Waals surface area contributed by atoms with Crippen molar-refractivity contribution in [2.75, 3.05) is 27.2 Å². The van der Waals surface area contributed by atoms with Gasteiger partial charge in [-0.15, -0.1) is 0 Å². The normalized spacial score (nSPS) is 13.1. The van der Waals surface area contributed by atoms with Crippen LogP contribution in [0, 0.1) is 0 Å². The Balaban J connectivity index is 2.83. The maximum absolute atomic E-state index is 4.71. The van der Waals surface area contributed by atoms with Crippen molar-refractivity contribution in [2.45, 2.75) is 59.0 Å². The summed E-state index contributed by atoms with van der Waals surface area (Å²) in [7, 11) is 4.27. The van der Waals surface area contributed by atoms with Gasteiger partial charge < -0.3 is 10.2 Å². The fourth-order valence-corrected chi connectivity index (χ4v) is 3.21. The van der Waals surface area contributed by atoms with Gasteiger partial charge in [0.25, 0.3) is 0 Å².